The zero-order valence-corrected chi connectivity index (χ0v) is 19.7. The third-order valence-corrected chi connectivity index (χ3v) is 8.57. The Morgan fingerprint density at radius 1 is 1.03 bits per heavy atom. The van der Waals surface area contributed by atoms with E-state index in [4.69, 9.17) is 9.47 Å². The molecular formula is C25H30N2O5S. The van der Waals surface area contributed by atoms with Crippen LogP contribution >= 0.6 is 0 Å². The van der Waals surface area contributed by atoms with Crippen LogP contribution in [0.1, 0.15) is 50.2 Å². The predicted octanol–water partition coefficient (Wildman–Crippen LogP) is 3.55. The Morgan fingerprint density at radius 3 is 2.55 bits per heavy atom. The second kappa shape index (κ2) is 8.65. The van der Waals surface area contributed by atoms with Crippen molar-refractivity contribution in [1.29, 1.82) is 0 Å². The van der Waals surface area contributed by atoms with E-state index in [1.165, 1.54) is 0 Å². The highest BCUT2D eigenvalue weighted by molar-refractivity contribution is 7.89. The first-order chi connectivity index (χ1) is 15.9. The van der Waals surface area contributed by atoms with Crippen LogP contribution in [0.25, 0.3) is 0 Å². The van der Waals surface area contributed by atoms with Crippen molar-refractivity contribution in [2.75, 3.05) is 31.2 Å². The molecule has 0 aromatic heterocycles. The van der Waals surface area contributed by atoms with E-state index in [2.05, 4.69) is 4.72 Å². The van der Waals surface area contributed by atoms with Gasteiger partial charge in [-0.2, -0.15) is 0 Å². The topological polar surface area (TPSA) is 84.9 Å². The van der Waals surface area contributed by atoms with E-state index >= 15 is 0 Å². The van der Waals surface area contributed by atoms with Gasteiger partial charge < -0.3 is 14.4 Å². The Hall–Kier alpha value is -2.58. The van der Waals surface area contributed by atoms with Gasteiger partial charge in [-0.25, -0.2) is 13.1 Å². The summed E-state index contributed by atoms with van der Waals surface area (Å²) in [4.78, 5) is 13.9. The first-order valence-electron chi connectivity index (χ1n) is 11.7. The lowest BCUT2D eigenvalue weighted by atomic mass is 9.79. The molecule has 0 atom stereocenters. The molecule has 1 saturated carbocycles. The van der Waals surface area contributed by atoms with Crippen molar-refractivity contribution < 1.29 is 22.7 Å². The van der Waals surface area contributed by atoms with Crippen LogP contribution < -0.4 is 19.1 Å². The van der Waals surface area contributed by atoms with E-state index < -0.39 is 10.0 Å². The molecule has 1 amide bonds. The maximum Gasteiger partial charge on any atom is 0.240 e. The van der Waals surface area contributed by atoms with E-state index in [0.29, 0.717) is 26.3 Å². The molecule has 0 bridgehead atoms. The number of carbonyl (C=O) groups excluding carboxylic acids is 1. The Kier molecular flexibility index (Phi) is 5.82. The average molecular weight is 471 g/mol. The largest absolute Gasteiger partial charge is 0.486 e. The van der Waals surface area contributed by atoms with Gasteiger partial charge in [-0.15, -0.1) is 0 Å². The van der Waals surface area contributed by atoms with Gasteiger partial charge in [0, 0.05) is 31.1 Å². The van der Waals surface area contributed by atoms with Crippen LogP contribution in [0.3, 0.4) is 0 Å². The Balaban J connectivity index is 1.39. The highest BCUT2D eigenvalue weighted by Gasteiger charge is 2.38. The van der Waals surface area contributed by atoms with Gasteiger partial charge in [-0.3, -0.25) is 4.79 Å². The minimum atomic E-state index is -3.69. The lowest BCUT2D eigenvalue weighted by Crippen LogP contribution is -2.39. The fourth-order valence-electron chi connectivity index (χ4n) is 5.38. The van der Waals surface area contributed by atoms with Gasteiger partial charge in [0.1, 0.15) is 13.2 Å². The molecule has 7 nitrogen and oxygen atoms in total. The number of hydrogen-bond donors (Lipinski definition) is 1. The number of nitrogens with one attached hydrogen (secondary N) is 1. The lowest BCUT2D eigenvalue weighted by Gasteiger charge is -2.31. The number of anilines is 1. The number of benzene rings is 2. The molecule has 176 valence electrons. The van der Waals surface area contributed by atoms with E-state index in [1.54, 1.807) is 30.0 Å². The quantitative estimate of drug-likeness (QED) is 0.723. The fourth-order valence-corrected chi connectivity index (χ4v) is 6.55. The van der Waals surface area contributed by atoms with Gasteiger partial charge in [0.05, 0.1) is 4.90 Å². The lowest BCUT2D eigenvalue weighted by molar-refractivity contribution is -0.116. The number of sulfonamides is 1. The summed E-state index contributed by atoms with van der Waals surface area (Å²) in [5.41, 5.74) is 2.55. The first kappa shape index (κ1) is 22.2. The molecule has 1 fully saturated rings. The predicted molar refractivity (Wildman–Crippen MR) is 126 cm³/mol. The monoisotopic (exact) mass is 470 g/mol. The summed E-state index contributed by atoms with van der Waals surface area (Å²) < 4.78 is 40.8. The summed E-state index contributed by atoms with van der Waals surface area (Å²) >= 11 is 0. The van der Waals surface area contributed by atoms with Gasteiger partial charge in [0.25, 0.3) is 0 Å². The summed E-state index contributed by atoms with van der Waals surface area (Å²) in [6.45, 7) is 3.62. The average Bonchev–Trinajstić information content (AvgIpc) is 3.32. The molecule has 2 heterocycles. The number of nitrogens with zero attached hydrogens (tertiary/aromatic N) is 1. The molecular weight excluding hydrogens is 440 g/mol. The first-order valence-corrected chi connectivity index (χ1v) is 13.2. The summed E-state index contributed by atoms with van der Waals surface area (Å²) in [5, 5.41) is 0. The fraction of sp³-hybridized carbons (Fsp3) is 0.480. The van der Waals surface area contributed by atoms with Crippen molar-refractivity contribution in [2.24, 2.45) is 0 Å². The van der Waals surface area contributed by atoms with Crippen LogP contribution in [-0.2, 0) is 26.7 Å². The SMILES string of the molecule is CC(=O)N1CCCc2cc(S(=O)(=O)NCC3(c4ccc5c(c4)OCCO5)CCCC3)ccc21. The molecule has 0 radical (unpaired) electrons. The number of amides is 1. The summed E-state index contributed by atoms with van der Waals surface area (Å²) in [7, 11) is -3.69. The van der Waals surface area contributed by atoms with Crippen molar-refractivity contribution >= 4 is 21.6 Å². The van der Waals surface area contributed by atoms with Crippen LogP contribution in [0.5, 0.6) is 11.5 Å². The van der Waals surface area contributed by atoms with Gasteiger partial charge in [0.15, 0.2) is 11.5 Å². The van der Waals surface area contributed by atoms with E-state index in [0.717, 1.165) is 66.8 Å². The van der Waals surface area contributed by atoms with Gasteiger partial charge in [-0.05, 0) is 67.1 Å². The van der Waals surface area contributed by atoms with Crippen molar-refractivity contribution in [3.63, 3.8) is 0 Å². The number of aryl methyl sites for hydroxylation is 1. The van der Waals surface area contributed by atoms with E-state index in [9.17, 15) is 13.2 Å². The zero-order chi connectivity index (χ0) is 23.1. The Morgan fingerprint density at radius 2 is 1.79 bits per heavy atom. The Labute approximate surface area is 195 Å². The third-order valence-electron chi connectivity index (χ3n) is 7.18. The third kappa shape index (κ3) is 4.22. The van der Waals surface area contributed by atoms with Gasteiger partial charge >= 0.3 is 0 Å². The molecule has 8 heteroatoms. The summed E-state index contributed by atoms with van der Waals surface area (Å²) in [5.74, 6) is 1.46. The highest BCUT2D eigenvalue weighted by Crippen LogP contribution is 2.44. The minimum absolute atomic E-state index is 0.0210. The molecule has 1 aliphatic carbocycles. The zero-order valence-electron chi connectivity index (χ0n) is 18.9. The summed E-state index contributed by atoms with van der Waals surface area (Å²) in [6, 6.07) is 11.1. The van der Waals surface area contributed by atoms with Crippen LogP contribution in [0.4, 0.5) is 5.69 Å². The number of rotatable bonds is 5. The molecule has 2 aromatic carbocycles. The van der Waals surface area contributed by atoms with Crippen LogP contribution in [0, 0.1) is 0 Å². The molecule has 0 unspecified atom stereocenters. The standard InChI is InChI=1S/C25H30N2O5S/c1-18(28)27-12-4-5-19-15-21(7-8-22(19)27)33(29,30)26-17-25(10-2-3-11-25)20-6-9-23-24(16-20)32-14-13-31-23/h6-9,15-16,26H,2-5,10-14,17H2,1H3. The van der Waals surface area contributed by atoms with Crippen LogP contribution in [0.2, 0.25) is 0 Å². The second-order valence-corrected chi connectivity index (χ2v) is 11.0. The van der Waals surface area contributed by atoms with Crippen molar-refractivity contribution in [3.05, 3.63) is 47.5 Å². The van der Waals surface area contributed by atoms with Crippen molar-refractivity contribution in [3.8, 4) is 11.5 Å². The van der Waals surface area contributed by atoms with Crippen LogP contribution in [-0.4, -0.2) is 40.6 Å². The van der Waals surface area contributed by atoms with Crippen molar-refractivity contribution in [1.82, 2.24) is 4.72 Å². The van der Waals surface area contributed by atoms with E-state index in [-0.39, 0.29) is 16.2 Å². The number of ether oxygens (including phenoxy) is 2. The smallest absolute Gasteiger partial charge is 0.240 e. The highest BCUT2D eigenvalue weighted by atomic mass is 32.2. The number of carbonyl (C=O) groups is 1. The maximum absolute atomic E-state index is 13.3. The molecule has 0 saturated heterocycles. The molecule has 2 aliphatic heterocycles. The molecule has 1 N–H and O–H groups in total. The van der Waals surface area contributed by atoms with Crippen molar-refractivity contribution in [2.45, 2.75) is 55.8 Å². The normalized spacial score (nSPS) is 19.2. The molecule has 0 spiro atoms. The molecule has 33 heavy (non-hydrogen) atoms. The number of hydrogen-bond acceptors (Lipinski definition) is 5. The second-order valence-electron chi connectivity index (χ2n) is 9.24. The van der Waals surface area contributed by atoms with Gasteiger partial charge in [0.2, 0.25) is 15.9 Å². The summed E-state index contributed by atoms with van der Waals surface area (Å²) in [6.07, 6.45) is 5.58. The van der Waals surface area contributed by atoms with Crippen LogP contribution in [0.15, 0.2) is 41.3 Å². The van der Waals surface area contributed by atoms with Gasteiger partial charge in [-0.1, -0.05) is 18.9 Å². The molecule has 3 aliphatic rings. The molecule has 5 rings (SSSR count). The maximum atomic E-state index is 13.3. The Bertz CT molecular complexity index is 1170. The minimum Gasteiger partial charge on any atom is -0.486 e. The number of fused-ring (bicyclic) bond motifs is 2. The van der Waals surface area contributed by atoms with E-state index in [1.807, 2.05) is 18.2 Å². The molecule has 2 aromatic rings.